The largest absolute Gasteiger partial charge is 0.444 e. The molecule has 0 aliphatic carbocycles. The molecular formula is C15H26N4O6. The van der Waals surface area contributed by atoms with Crippen LogP contribution >= 0.6 is 0 Å². The zero-order valence-electron chi connectivity index (χ0n) is 14.7. The molecule has 0 spiro atoms. The first-order valence-corrected chi connectivity index (χ1v) is 8.53. The molecule has 0 aromatic carbocycles. The van der Waals surface area contributed by atoms with Crippen LogP contribution in [-0.4, -0.2) is 77.0 Å². The van der Waals surface area contributed by atoms with E-state index in [1.165, 1.54) is 5.06 Å². The number of nitrogens with zero attached hydrogens (tertiary/aromatic N) is 2. The summed E-state index contributed by atoms with van der Waals surface area (Å²) in [6, 6.07) is -0.328. The highest BCUT2D eigenvalue weighted by molar-refractivity contribution is 5.81. The van der Waals surface area contributed by atoms with E-state index < -0.39 is 11.7 Å². The van der Waals surface area contributed by atoms with Gasteiger partial charge in [0.05, 0.1) is 18.7 Å². The van der Waals surface area contributed by atoms with Gasteiger partial charge >= 0.3 is 6.09 Å². The molecule has 25 heavy (non-hydrogen) atoms. The van der Waals surface area contributed by atoms with E-state index in [0.717, 1.165) is 6.42 Å². The van der Waals surface area contributed by atoms with Crippen molar-refractivity contribution in [2.45, 2.75) is 63.8 Å². The molecule has 3 unspecified atom stereocenters. The van der Waals surface area contributed by atoms with Crippen molar-refractivity contribution < 1.29 is 29.1 Å². The number of alkyl carbamates (subject to hydrolysis) is 1. The van der Waals surface area contributed by atoms with Gasteiger partial charge in [-0.1, -0.05) is 0 Å². The molecule has 3 aliphatic heterocycles. The van der Waals surface area contributed by atoms with Crippen molar-refractivity contribution in [3.05, 3.63) is 0 Å². The van der Waals surface area contributed by atoms with Gasteiger partial charge in [0.15, 0.2) is 12.5 Å². The molecule has 142 valence electrons. The average molecular weight is 358 g/mol. The fourth-order valence-electron chi connectivity index (χ4n) is 3.21. The summed E-state index contributed by atoms with van der Waals surface area (Å²) in [6.07, 6.45) is 0.260. The van der Waals surface area contributed by atoms with Gasteiger partial charge in [0.1, 0.15) is 5.60 Å². The Kier molecular flexibility index (Phi) is 5.16. The number of hydrogen-bond acceptors (Lipinski definition) is 8. The number of hydrogen-bond donors (Lipinski definition) is 3. The number of epoxide rings is 1. The van der Waals surface area contributed by atoms with Crippen LogP contribution in [0.25, 0.3) is 0 Å². The Labute approximate surface area is 146 Å². The zero-order chi connectivity index (χ0) is 18.2. The molecule has 3 saturated heterocycles. The molecule has 2 amide bonds. The number of carbonyl (C=O) groups is 2. The van der Waals surface area contributed by atoms with Crippen LogP contribution in [0.1, 0.15) is 33.6 Å². The number of piperazine rings is 1. The Bertz CT molecular complexity index is 525. The lowest BCUT2D eigenvalue weighted by molar-refractivity contribution is -0.188. The van der Waals surface area contributed by atoms with Crippen LogP contribution in [0.4, 0.5) is 4.79 Å². The second-order valence-corrected chi connectivity index (χ2v) is 7.48. The van der Waals surface area contributed by atoms with Crippen molar-refractivity contribution in [1.82, 2.24) is 20.8 Å². The number of ether oxygens (including phenoxy) is 2. The predicted molar refractivity (Wildman–Crippen MR) is 84.1 cm³/mol. The quantitative estimate of drug-likeness (QED) is 0.351. The van der Waals surface area contributed by atoms with Crippen molar-refractivity contribution in [3.8, 4) is 0 Å². The van der Waals surface area contributed by atoms with E-state index in [1.54, 1.807) is 20.8 Å². The number of carbonyl (C=O) groups excluding carboxylic acids is 2. The van der Waals surface area contributed by atoms with Gasteiger partial charge in [0.2, 0.25) is 0 Å². The van der Waals surface area contributed by atoms with E-state index in [1.807, 2.05) is 4.90 Å². The molecule has 10 nitrogen and oxygen atoms in total. The number of nitrogens with one attached hydrogen (secondary N) is 2. The van der Waals surface area contributed by atoms with Crippen LogP contribution < -0.4 is 10.8 Å². The molecule has 3 N–H and O–H groups in total. The Balaban J connectivity index is 1.34. The Morgan fingerprint density at radius 3 is 2.76 bits per heavy atom. The molecular weight excluding hydrogens is 332 g/mol. The van der Waals surface area contributed by atoms with Gasteiger partial charge in [-0.15, -0.1) is 0 Å². The molecule has 10 heteroatoms. The van der Waals surface area contributed by atoms with Crippen molar-refractivity contribution in [2.75, 3.05) is 19.7 Å². The molecule has 0 saturated carbocycles. The number of amides is 2. The standard InChI is InChI=1S/C15H26N4O6/c1-15(2,3)25-14(21)16-6-7-23-17-11(20)10-5-4-9-8-18(10)12-13(24-12)19(9)22/h9-10,12-13,22H,4-8H2,1-3H3,(H,16,21)(H,17,20)/t9-,10+,12?,13?/m1/s1. The van der Waals surface area contributed by atoms with Gasteiger partial charge in [-0.3, -0.25) is 14.5 Å². The van der Waals surface area contributed by atoms with Gasteiger partial charge < -0.3 is 20.0 Å². The Morgan fingerprint density at radius 1 is 1.28 bits per heavy atom. The predicted octanol–water partition coefficient (Wildman–Crippen LogP) is -0.221. The first-order valence-electron chi connectivity index (χ1n) is 8.53. The number of hydroxylamine groups is 3. The highest BCUT2D eigenvalue weighted by Gasteiger charge is 2.58. The summed E-state index contributed by atoms with van der Waals surface area (Å²) in [4.78, 5) is 30.9. The highest BCUT2D eigenvalue weighted by Crippen LogP contribution is 2.40. The normalized spacial score (nSPS) is 34.0. The molecule has 5 atom stereocenters. The molecule has 3 heterocycles. The minimum Gasteiger partial charge on any atom is -0.444 e. The molecule has 3 fully saturated rings. The second kappa shape index (κ2) is 7.04. The highest BCUT2D eigenvalue weighted by atomic mass is 16.7. The number of rotatable bonds is 5. The monoisotopic (exact) mass is 358 g/mol. The lowest BCUT2D eigenvalue weighted by Gasteiger charge is -2.42. The van der Waals surface area contributed by atoms with Crippen molar-refractivity contribution in [3.63, 3.8) is 0 Å². The molecule has 0 aromatic heterocycles. The third-order valence-corrected chi connectivity index (χ3v) is 4.35. The maximum absolute atomic E-state index is 12.3. The first-order chi connectivity index (χ1) is 11.8. The Morgan fingerprint density at radius 2 is 2.04 bits per heavy atom. The molecule has 0 aromatic rings. The van der Waals surface area contributed by atoms with Crippen molar-refractivity contribution in [1.29, 1.82) is 0 Å². The van der Waals surface area contributed by atoms with E-state index in [2.05, 4.69) is 10.8 Å². The summed E-state index contributed by atoms with van der Waals surface area (Å²) >= 11 is 0. The first kappa shape index (κ1) is 18.3. The van der Waals surface area contributed by atoms with Gasteiger partial charge in [-0.2, -0.15) is 5.06 Å². The maximum Gasteiger partial charge on any atom is 0.407 e. The lowest BCUT2D eigenvalue weighted by Crippen LogP contribution is -2.61. The second-order valence-electron chi connectivity index (χ2n) is 7.48. The third-order valence-electron chi connectivity index (χ3n) is 4.35. The third kappa shape index (κ3) is 4.39. The van der Waals surface area contributed by atoms with Gasteiger partial charge in [0, 0.05) is 13.1 Å². The number of fused-ring (bicyclic) bond motifs is 4. The fraction of sp³-hybridized carbons (Fsp3) is 0.867. The molecule has 0 radical (unpaired) electrons. The summed E-state index contributed by atoms with van der Waals surface area (Å²) in [6.45, 7) is 6.29. The van der Waals surface area contributed by atoms with Crippen LogP contribution in [0, 0.1) is 0 Å². The van der Waals surface area contributed by atoms with Crippen molar-refractivity contribution >= 4 is 12.0 Å². The average Bonchev–Trinajstić information content (AvgIpc) is 3.31. The summed E-state index contributed by atoms with van der Waals surface area (Å²) in [5, 5.41) is 13.7. The minimum absolute atomic E-state index is 0.00625. The van der Waals surface area contributed by atoms with Crippen LogP contribution in [0.3, 0.4) is 0 Å². The number of piperidine rings is 1. The van der Waals surface area contributed by atoms with Crippen LogP contribution in [0.15, 0.2) is 0 Å². The van der Waals surface area contributed by atoms with E-state index >= 15 is 0 Å². The van der Waals surface area contributed by atoms with E-state index in [9.17, 15) is 14.8 Å². The topological polar surface area (TPSA) is 116 Å². The summed E-state index contributed by atoms with van der Waals surface area (Å²) in [5.41, 5.74) is 1.87. The van der Waals surface area contributed by atoms with Gasteiger partial charge in [-0.25, -0.2) is 10.3 Å². The summed E-state index contributed by atoms with van der Waals surface area (Å²) in [5.74, 6) is -0.239. The van der Waals surface area contributed by atoms with Crippen LogP contribution in [0.5, 0.6) is 0 Å². The fourth-order valence-corrected chi connectivity index (χ4v) is 3.21. The van der Waals surface area contributed by atoms with Crippen molar-refractivity contribution in [2.24, 2.45) is 0 Å². The SMILES string of the molecule is CC(C)(C)OC(=O)NCCONC(=O)[C@@H]1CC[C@@H]2CN1C1OC1N2O. The van der Waals surface area contributed by atoms with E-state index in [0.29, 0.717) is 13.0 Å². The molecule has 3 rings (SSSR count). The van der Waals surface area contributed by atoms with Gasteiger partial charge in [-0.05, 0) is 33.6 Å². The lowest BCUT2D eigenvalue weighted by atomic mass is 9.95. The molecule has 3 aliphatic rings. The van der Waals surface area contributed by atoms with E-state index in [-0.39, 0.29) is 43.6 Å². The summed E-state index contributed by atoms with van der Waals surface area (Å²) in [7, 11) is 0. The van der Waals surface area contributed by atoms with E-state index in [4.69, 9.17) is 14.3 Å². The van der Waals surface area contributed by atoms with Crippen LogP contribution in [-0.2, 0) is 19.1 Å². The maximum atomic E-state index is 12.3. The summed E-state index contributed by atoms with van der Waals surface area (Å²) < 4.78 is 10.5. The zero-order valence-corrected chi connectivity index (χ0v) is 14.7. The minimum atomic E-state index is -0.556. The smallest absolute Gasteiger partial charge is 0.407 e. The van der Waals surface area contributed by atoms with Gasteiger partial charge in [0.25, 0.3) is 5.91 Å². The molecule has 2 bridgehead atoms. The van der Waals surface area contributed by atoms with Crippen LogP contribution in [0.2, 0.25) is 0 Å². The Hall–Kier alpha value is -1.46.